The normalized spacial score (nSPS) is 27.6. The van der Waals surface area contributed by atoms with Crippen LogP contribution in [0.3, 0.4) is 0 Å². The first-order valence-corrected chi connectivity index (χ1v) is 5.41. The molecule has 14 heavy (non-hydrogen) atoms. The van der Waals surface area contributed by atoms with Crippen molar-refractivity contribution >= 4 is 6.98 Å². The Bertz CT molecular complexity index is 203. The monoisotopic (exact) mass is 206 g/mol. The highest BCUT2D eigenvalue weighted by molar-refractivity contribution is 6.58. The zero-order valence-electron chi connectivity index (χ0n) is 8.24. The maximum Gasteiger partial charge on any atom is 0.478 e. The van der Waals surface area contributed by atoms with Crippen molar-refractivity contribution < 1.29 is 12.9 Å². The standard InChI is InChI=1S/C9H16BF3N/c11-10(12,13)5-8-1-3-9(4-2-8)6-14-7-9/h8,14H,1-7H2/q-1. The summed E-state index contributed by atoms with van der Waals surface area (Å²) in [7, 11) is 0. The molecule has 0 atom stereocenters. The molecule has 1 aliphatic carbocycles. The van der Waals surface area contributed by atoms with E-state index in [2.05, 4.69) is 5.32 Å². The first kappa shape index (κ1) is 10.3. The van der Waals surface area contributed by atoms with Gasteiger partial charge in [-0.3, -0.25) is 0 Å². The van der Waals surface area contributed by atoms with Gasteiger partial charge in [-0.05, 0) is 18.3 Å². The van der Waals surface area contributed by atoms with Crippen LogP contribution in [0.2, 0.25) is 6.32 Å². The molecule has 82 valence electrons. The summed E-state index contributed by atoms with van der Waals surface area (Å²) in [5, 5.41) is 3.22. The Kier molecular flexibility index (Phi) is 2.54. The van der Waals surface area contributed by atoms with Crippen LogP contribution in [-0.4, -0.2) is 20.1 Å². The highest BCUT2D eigenvalue weighted by atomic mass is 19.4. The van der Waals surface area contributed by atoms with Crippen LogP contribution < -0.4 is 5.32 Å². The molecular formula is C9H16BF3N-. The van der Waals surface area contributed by atoms with Crippen LogP contribution in [0.15, 0.2) is 0 Å². The molecule has 0 radical (unpaired) electrons. The van der Waals surface area contributed by atoms with Crippen molar-refractivity contribution in [2.45, 2.75) is 32.0 Å². The van der Waals surface area contributed by atoms with Crippen molar-refractivity contribution in [3.8, 4) is 0 Å². The van der Waals surface area contributed by atoms with E-state index in [-0.39, 0.29) is 5.92 Å². The average Bonchev–Trinajstić information content (AvgIpc) is 2.00. The highest BCUT2D eigenvalue weighted by Crippen LogP contribution is 2.44. The first-order valence-electron chi connectivity index (χ1n) is 5.41. The van der Waals surface area contributed by atoms with Crippen LogP contribution in [0.25, 0.3) is 0 Å². The topological polar surface area (TPSA) is 12.0 Å². The first-order chi connectivity index (χ1) is 6.49. The Morgan fingerprint density at radius 1 is 1.14 bits per heavy atom. The van der Waals surface area contributed by atoms with Gasteiger partial charge in [-0.15, -0.1) is 0 Å². The molecule has 0 aromatic rings. The maximum atomic E-state index is 12.2. The van der Waals surface area contributed by atoms with E-state index in [9.17, 15) is 12.9 Å². The minimum Gasteiger partial charge on any atom is -0.449 e. The SMILES string of the molecule is F[B-](F)(F)CC1CCC2(CC1)CNC2. The van der Waals surface area contributed by atoms with Crippen LogP contribution in [0.5, 0.6) is 0 Å². The van der Waals surface area contributed by atoms with Crippen LogP contribution >= 0.6 is 0 Å². The molecule has 0 aromatic heterocycles. The second-order valence-electron chi connectivity index (χ2n) is 4.99. The zero-order chi connectivity index (χ0) is 10.2. The molecule has 1 nitrogen and oxygen atoms in total. The fourth-order valence-electron chi connectivity index (χ4n) is 2.74. The summed E-state index contributed by atoms with van der Waals surface area (Å²) in [5.41, 5.74) is 0.384. The summed E-state index contributed by atoms with van der Waals surface area (Å²) < 4.78 is 36.5. The van der Waals surface area contributed by atoms with Gasteiger partial charge in [-0.2, -0.15) is 0 Å². The Balaban J connectivity index is 1.78. The van der Waals surface area contributed by atoms with E-state index < -0.39 is 13.3 Å². The molecule has 0 bridgehead atoms. The third-order valence-corrected chi connectivity index (χ3v) is 3.77. The van der Waals surface area contributed by atoms with E-state index >= 15 is 0 Å². The van der Waals surface area contributed by atoms with Gasteiger partial charge < -0.3 is 18.3 Å². The lowest BCUT2D eigenvalue weighted by Gasteiger charge is -2.48. The molecule has 2 fully saturated rings. The minimum atomic E-state index is -4.57. The summed E-state index contributed by atoms with van der Waals surface area (Å²) in [5.74, 6) is -0.0822. The molecule has 0 aromatic carbocycles. The molecule has 2 aliphatic rings. The minimum absolute atomic E-state index is 0.0822. The largest absolute Gasteiger partial charge is 0.478 e. The van der Waals surface area contributed by atoms with Crippen molar-refractivity contribution in [1.82, 2.24) is 5.32 Å². The van der Waals surface area contributed by atoms with Crippen molar-refractivity contribution in [2.24, 2.45) is 11.3 Å². The van der Waals surface area contributed by atoms with Crippen molar-refractivity contribution in [3.63, 3.8) is 0 Å². The number of halogens is 3. The molecule has 2 rings (SSSR count). The van der Waals surface area contributed by atoms with Crippen molar-refractivity contribution in [3.05, 3.63) is 0 Å². The molecule has 1 saturated carbocycles. The molecule has 1 spiro atoms. The van der Waals surface area contributed by atoms with E-state index in [4.69, 9.17) is 0 Å². The van der Waals surface area contributed by atoms with Gasteiger partial charge in [0.15, 0.2) is 0 Å². The zero-order valence-corrected chi connectivity index (χ0v) is 8.24. The van der Waals surface area contributed by atoms with Gasteiger partial charge in [0.05, 0.1) is 0 Å². The fourth-order valence-corrected chi connectivity index (χ4v) is 2.74. The Morgan fingerprint density at radius 2 is 1.71 bits per heavy atom. The Hall–Kier alpha value is -0.185. The second kappa shape index (κ2) is 3.44. The highest BCUT2D eigenvalue weighted by Gasteiger charge is 2.41. The molecule has 1 aliphatic heterocycles. The summed E-state index contributed by atoms with van der Waals surface area (Å²) in [6, 6.07) is 0. The maximum absolute atomic E-state index is 12.2. The molecular weight excluding hydrogens is 190 g/mol. The lowest BCUT2D eigenvalue weighted by Crippen LogP contribution is -2.54. The lowest BCUT2D eigenvalue weighted by atomic mass is 9.63. The van der Waals surface area contributed by atoms with E-state index in [0.29, 0.717) is 5.41 Å². The Morgan fingerprint density at radius 3 is 2.07 bits per heavy atom. The summed E-state index contributed by atoms with van der Waals surface area (Å²) in [6.45, 7) is -2.52. The molecule has 0 amide bonds. The van der Waals surface area contributed by atoms with E-state index in [1.54, 1.807) is 0 Å². The third-order valence-electron chi connectivity index (χ3n) is 3.77. The fraction of sp³-hybridized carbons (Fsp3) is 1.00. The molecule has 1 N–H and O–H groups in total. The second-order valence-corrected chi connectivity index (χ2v) is 4.99. The summed E-state index contributed by atoms with van der Waals surface area (Å²) in [6.07, 6.45) is 3.04. The van der Waals surface area contributed by atoms with Crippen LogP contribution in [0.1, 0.15) is 25.7 Å². The van der Waals surface area contributed by atoms with Gasteiger partial charge in [0.2, 0.25) is 0 Å². The number of hydrogen-bond acceptors (Lipinski definition) is 1. The summed E-state index contributed by atoms with van der Waals surface area (Å²) in [4.78, 5) is 0. The number of hydrogen-bond donors (Lipinski definition) is 1. The lowest BCUT2D eigenvalue weighted by molar-refractivity contribution is 0.0841. The Labute approximate surface area is 82.5 Å². The number of rotatable bonds is 2. The van der Waals surface area contributed by atoms with Gasteiger partial charge in [0.1, 0.15) is 0 Å². The van der Waals surface area contributed by atoms with E-state index in [0.717, 1.165) is 38.8 Å². The quantitative estimate of drug-likeness (QED) is 0.684. The van der Waals surface area contributed by atoms with Gasteiger partial charge in [-0.1, -0.05) is 25.1 Å². The van der Waals surface area contributed by atoms with Gasteiger partial charge >= 0.3 is 6.98 Å². The van der Waals surface area contributed by atoms with Crippen LogP contribution in [-0.2, 0) is 0 Å². The van der Waals surface area contributed by atoms with Gasteiger partial charge in [0.25, 0.3) is 0 Å². The predicted molar refractivity (Wildman–Crippen MR) is 51.1 cm³/mol. The predicted octanol–water partition coefficient (Wildman–Crippen LogP) is 2.61. The molecule has 1 saturated heterocycles. The average molecular weight is 206 g/mol. The van der Waals surface area contributed by atoms with E-state index in [1.807, 2.05) is 0 Å². The van der Waals surface area contributed by atoms with Crippen LogP contribution in [0, 0.1) is 11.3 Å². The summed E-state index contributed by atoms with van der Waals surface area (Å²) >= 11 is 0. The van der Waals surface area contributed by atoms with Gasteiger partial charge in [0, 0.05) is 13.1 Å². The smallest absolute Gasteiger partial charge is 0.449 e. The molecule has 5 heteroatoms. The van der Waals surface area contributed by atoms with Crippen molar-refractivity contribution in [2.75, 3.05) is 13.1 Å². The van der Waals surface area contributed by atoms with Crippen molar-refractivity contribution in [1.29, 1.82) is 0 Å². The molecule has 1 heterocycles. The molecule has 0 unspecified atom stereocenters. The van der Waals surface area contributed by atoms with Gasteiger partial charge in [-0.25, -0.2) is 0 Å². The third kappa shape index (κ3) is 2.24. The van der Waals surface area contributed by atoms with E-state index in [1.165, 1.54) is 0 Å². The number of nitrogens with one attached hydrogen (secondary N) is 1. The van der Waals surface area contributed by atoms with Crippen LogP contribution in [0.4, 0.5) is 12.9 Å².